The molecule has 0 atom stereocenters. The van der Waals surface area contributed by atoms with Gasteiger partial charge in [-0.05, 0) is 31.5 Å². The van der Waals surface area contributed by atoms with Gasteiger partial charge < -0.3 is 11.1 Å². The largest absolute Gasteiger partial charge is 0.398 e. The van der Waals surface area contributed by atoms with E-state index in [0.29, 0.717) is 23.7 Å². The summed E-state index contributed by atoms with van der Waals surface area (Å²) >= 11 is 5.91. The highest BCUT2D eigenvalue weighted by molar-refractivity contribution is 6.31. The number of nitrogens with two attached hydrogens (primary N) is 1. The van der Waals surface area contributed by atoms with Gasteiger partial charge in [-0.25, -0.2) is 0 Å². The third-order valence-electron chi connectivity index (χ3n) is 3.10. The molecule has 3 N–H and O–H groups in total. The fourth-order valence-corrected chi connectivity index (χ4v) is 1.98. The molecule has 1 amide bonds. The molecular formula is C14H17ClN4O. The van der Waals surface area contributed by atoms with E-state index >= 15 is 0 Å². The van der Waals surface area contributed by atoms with Crippen molar-refractivity contribution in [2.75, 3.05) is 11.1 Å². The standard InChI is InChI=1S/C14H17ClN4O/c1-9-12(16)4-3-5-13(9)17-14(20)6-7-19-8-11(15)10(2)18-19/h3-5,8H,6-7,16H2,1-2H3,(H,17,20). The zero-order chi connectivity index (χ0) is 14.7. The van der Waals surface area contributed by atoms with Gasteiger partial charge in [-0.15, -0.1) is 0 Å². The quantitative estimate of drug-likeness (QED) is 0.851. The number of nitrogens with zero attached hydrogens (tertiary/aromatic N) is 2. The summed E-state index contributed by atoms with van der Waals surface area (Å²) in [4.78, 5) is 11.9. The first-order valence-corrected chi connectivity index (χ1v) is 6.69. The van der Waals surface area contributed by atoms with Crippen molar-refractivity contribution in [1.29, 1.82) is 0 Å². The predicted molar refractivity (Wildman–Crippen MR) is 80.8 cm³/mol. The molecule has 1 aromatic heterocycles. The van der Waals surface area contributed by atoms with Crippen molar-refractivity contribution < 1.29 is 4.79 Å². The Hall–Kier alpha value is -2.01. The van der Waals surface area contributed by atoms with Gasteiger partial charge in [0.05, 0.1) is 10.7 Å². The van der Waals surface area contributed by atoms with E-state index in [1.165, 1.54) is 0 Å². The molecule has 2 rings (SSSR count). The average Bonchev–Trinajstić information content (AvgIpc) is 2.72. The van der Waals surface area contributed by atoms with Crippen LogP contribution in [0, 0.1) is 13.8 Å². The summed E-state index contributed by atoms with van der Waals surface area (Å²) in [5.41, 5.74) is 8.84. The maximum absolute atomic E-state index is 11.9. The number of nitrogens with one attached hydrogen (secondary N) is 1. The Morgan fingerprint density at radius 3 is 2.85 bits per heavy atom. The number of nitrogen functional groups attached to an aromatic ring is 1. The molecule has 0 saturated carbocycles. The number of aryl methyl sites for hydroxylation is 2. The van der Waals surface area contributed by atoms with Crippen molar-refractivity contribution in [2.45, 2.75) is 26.8 Å². The van der Waals surface area contributed by atoms with E-state index in [9.17, 15) is 4.79 Å². The van der Waals surface area contributed by atoms with Crippen molar-refractivity contribution in [1.82, 2.24) is 9.78 Å². The second-order valence-corrected chi connectivity index (χ2v) is 5.05. The summed E-state index contributed by atoms with van der Waals surface area (Å²) in [7, 11) is 0. The molecular weight excluding hydrogens is 276 g/mol. The molecule has 5 nitrogen and oxygen atoms in total. The number of benzene rings is 1. The summed E-state index contributed by atoms with van der Waals surface area (Å²) in [6.07, 6.45) is 2.04. The summed E-state index contributed by atoms with van der Waals surface area (Å²) in [6, 6.07) is 5.45. The van der Waals surface area contributed by atoms with Gasteiger partial charge in [0.15, 0.2) is 0 Å². The van der Waals surface area contributed by atoms with E-state index in [0.717, 1.165) is 16.9 Å². The fraction of sp³-hybridized carbons (Fsp3) is 0.286. The highest BCUT2D eigenvalue weighted by Crippen LogP contribution is 2.20. The van der Waals surface area contributed by atoms with Gasteiger partial charge in [0.1, 0.15) is 0 Å². The van der Waals surface area contributed by atoms with Crippen LogP contribution >= 0.6 is 11.6 Å². The molecule has 0 unspecified atom stereocenters. The first-order chi connectivity index (χ1) is 9.47. The maximum Gasteiger partial charge on any atom is 0.226 e. The number of carbonyl (C=O) groups is 1. The molecule has 0 aliphatic rings. The third-order valence-corrected chi connectivity index (χ3v) is 3.48. The number of aromatic nitrogens is 2. The first-order valence-electron chi connectivity index (χ1n) is 6.32. The van der Waals surface area contributed by atoms with Gasteiger partial charge in [0, 0.05) is 30.5 Å². The lowest BCUT2D eigenvalue weighted by Gasteiger charge is -2.10. The Bertz CT molecular complexity index is 617. The maximum atomic E-state index is 11.9. The number of carbonyl (C=O) groups excluding carboxylic acids is 1. The number of amides is 1. The lowest BCUT2D eigenvalue weighted by molar-refractivity contribution is -0.116. The van der Waals surface area contributed by atoms with Gasteiger partial charge in [-0.3, -0.25) is 9.48 Å². The van der Waals surface area contributed by atoms with Crippen LogP contribution in [0.5, 0.6) is 0 Å². The Kier molecular flexibility index (Phi) is 4.29. The van der Waals surface area contributed by atoms with E-state index in [1.54, 1.807) is 16.9 Å². The Morgan fingerprint density at radius 1 is 1.45 bits per heavy atom. The molecule has 20 heavy (non-hydrogen) atoms. The number of hydrogen-bond donors (Lipinski definition) is 2. The third kappa shape index (κ3) is 3.30. The summed E-state index contributed by atoms with van der Waals surface area (Å²) < 4.78 is 1.67. The molecule has 0 aliphatic heterocycles. The minimum Gasteiger partial charge on any atom is -0.398 e. The Balaban J connectivity index is 1.94. The van der Waals surface area contributed by atoms with Gasteiger partial charge in [-0.1, -0.05) is 17.7 Å². The number of hydrogen-bond acceptors (Lipinski definition) is 3. The smallest absolute Gasteiger partial charge is 0.226 e. The molecule has 2 aromatic rings. The van der Waals surface area contributed by atoms with Gasteiger partial charge in [0.25, 0.3) is 0 Å². The second kappa shape index (κ2) is 5.96. The average molecular weight is 293 g/mol. The minimum absolute atomic E-state index is 0.0806. The van der Waals surface area contributed by atoms with Gasteiger partial charge >= 0.3 is 0 Å². The van der Waals surface area contributed by atoms with Crippen LogP contribution in [-0.4, -0.2) is 15.7 Å². The van der Waals surface area contributed by atoms with E-state index in [2.05, 4.69) is 10.4 Å². The zero-order valence-electron chi connectivity index (χ0n) is 11.5. The lowest BCUT2D eigenvalue weighted by Crippen LogP contribution is -2.15. The van der Waals surface area contributed by atoms with Crippen LogP contribution in [0.15, 0.2) is 24.4 Å². The Labute approximate surface area is 122 Å². The van der Waals surface area contributed by atoms with Crippen molar-refractivity contribution in [2.24, 2.45) is 0 Å². The predicted octanol–water partition coefficient (Wildman–Crippen LogP) is 2.76. The van der Waals surface area contributed by atoms with Crippen LogP contribution in [0.25, 0.3) is 0 Å². The SMILES string of the molecule is Cc1nn(CCC(=O)Nc2cccc(N)c2C)cc1Cl. The monoisotopic (exact) mass is 292 g/mol. The molecule has 6 heteroatoms. The van der Waals surface area contributed by atoms with Crippen LogP contribution in [-0.2, 0) is 11.3 Å². The number of halogens is 1. The Morgan fingerprint density at radius 2 is 2.20 bits per heavy atom. The van der Waals surface area contributed by atoms with Gasteiger partial charge in [0.2, 0.25) is 5.91 Å². The van der Waals surface area contributed by atoms with E-state index < -0.39 is 0 Å². The topological polar surface area (TPSA) is 72.9 Å². The highest BCUT2D eigenvalue weighted by Gasteiger charge is 2.08. The van der Waals surface area contributed by atoms with Crippen LogP contribution in [0.2, 0.25) is 5.02 Å². The molecule has 0 fully saturated rings. The van der Waals surface area contributed by atoms with Crippen LogP contribution in [0.4, 0.5) is 11.4 Å². The van der Waals surface area contributed by atoms with Gasteiger partial charge in [-0.2, -0.15) is 5.10 Å². The summed E-state index contributed by atoms with van der Waals surface area (Å²) in [6.45, 7) is 4.19. The van der Waals surface area contributed by atoms with E-state index in [1.807, 2.05) is 26.0 Å². The molecule has 1 aromatic carbocycles. The molecule has 0 aliphatic carbocycles. The van der Waals surface area contributed by atoms with Crippen molar-refractivity contribution >= 4 is 28.9 Å². The van der Waals surface area contributed by atoms with E-state index in [-0.39, 0.29) is 5.91 Å². The fourth-order valence-electron chi connectivity index (χ4n) is 1.83. The van der Waals surface area contributed by atoms with Crippen LogP contribution < -0.4 is 11.1 Å². The molecule has 0 radical (unpaired) electrons. The first kappa shape index (κ1) is 14.4. The van der Waals surface area contributed by atoms with E-state index in [4.69, 9.17) is 17.3 Å². The molecule has 106 valence electrons. The lowest BCUT2D eigenvalue weighted by atomic mass is 10.1. The normalized spacial score (nSPS) is 10.6. The van der Waals surface area contributed by atoms with Crippen molar-refractivity contribution in [3.8, 4) is 0 Å². The van der Waals surface area contributed by atoms with Crippen LogP contribution in [0.1, 0.15) is 17.7 Å². The van der Waals surface area contributed by atoms with Crippen LogP contribution in [0.3, 0.4) is 0 Å². The number of anilines is 2. The molecule has 0 bridgehead atoms. The zero-order valence-corrected chi connectivity index (χ0v) is 12.2. The number of rotatable bonds is 4. The summed E-state index contributed by atoms with van der Waals surface area (Å²) in [5, 5.41) is 7.66. The highest BCUT2D eigenvalue weighted by atomic mass is 35.5. The molecule has 1 heterocycles. The minimum atomic E-state index is -0.0806. The van der Waals surface area contributed by atoms with Crippen molar-refractivity contribution in [3.05, 3.63) is 40.7 Å². The molecule has 0 spiro atoms. The van der Waals surface area contributed by atoms with Crippen molar-refractivity contribution in [3.63, 3.8) is 0 Å². The molecule has 0 saturated heterocycles. The summed E-state index contributed by atoms with van der Waals surface area (Å²) in [5.74, 6) is -0.0806. The second-order valence-electron chi connectivity index (χ2n) is 4.64.